The van der Waals surface area contributed by atoms with Crippen LogP contribution in [0.2, 0.25) is 0 Å². The van der Waals surface area contributed by atoms with Crippen LogP contribution in [0.1, 0.15) is 29.0 Å². The zero-order valence-corrected chi connectivity index (χ0v) is 22.4. The van der Waals surface area contributed by atoms with Crippen LogP contribution in [0.25, 0.3) is 11.0 Å². The number of hydrogen-bond acceptors (Lipinski definition) is 6. The third-order valence-corrected chi connectivity index (χ3v) is 7.17. The van der Waals surface area contributed by atoms with Gasteiger partial charge in [0.25, 0.3) is 0 Å². The maximum atomic E-state index is 14.0. The number of ether oxygens (including phenoxy) is 1. The monoisotopic (exact) mass is 539 g/mol. The molecule has 1 N–H and O–H groups in total. The van der Waals surface area contributed by atoms with Crippen molar-refractivity contribution in [1.82, 2.24) is 25.2 Å². The van der Waals surface area contributed by atoms with E-state index in [1.807, 2.05) is 103 Å². The molecule has 2 aromatic heterocycles. The number of benzene rings is 3. The number of nitrogens with one attached hydrogen (secondary N) is 1. The minimum atomic E-state index is -0.867. The SMILES string of the molecule is CCOc1ccc([C@H](C(=O)NCc2ccccc2)N(Cc2cccs2)C(=O)Cn2nnc3ccccc32)cc1. The van der Waals surface area contributed by atoms with E-state index in [9.17, 15) is 9.59 Å². The van der Waals surface area contributed by atoms with Crippen molar-refractivity contribution in [3.63, 3.8) is 0 Å². The summed E-state index contributed by atoms with van der Waals surface area (Å²) in [6.07, 6.45) is 0. The number of amides is 2. The summed E-state index contributed by atoms with van der Waals surface area (Å²) in [7, 11) is 0. The zero-order valence-electron chi connectivity index (χ0n) is 21.6. The lowest BCUT2D eigenvalue weighted by Crippen LogP contribution is -2.44. The quantitative estimate of drug-likeness (QED) is 0.256. The summed E-state index contributed by atoms with van der Waals surface area (Å²) in [5.74, 6) is 0.194. The maximum absolute atomic E-state index is 14.0. The summed E-state index contributed by atoms with van der Waals surface area (Å²) in [5, 5.41) is 13.4. The van der Waals surface area contributed by atoms with E-state index in [0.29, 0.717) is 30.0 Å². The van der Waals surface area contributed by atoms with Gasteiger partial charge in [0.15, 0.2) is 0 Å². The van der Waals surface area contributed by atoms with Gasteiger partial charge in [-0.2, -0.15) is 0 Å². The second-order valence-corrected chi connectivity index (χ2v) is 9.98. The Bertz CT molecular complexity index is 1520. The normalized spacial score (nSPS) is 11.7. The van der Waals surface area contributed by atoms with Crippen molar-refractivity contribution in [2.75, 3.05) is 6.61 Å². The highest BCUT2D eigenvalue weighted by Gasteiger charge is 2.32. The topological polar surface area (TPSA) is 89.4 Å². The lowest BCUT2D eigenvalue weighted by atomic mass is 10.0. The molecule has 2 amide bonds. The van der Waals surface area contributed by atoms with Gasteiger partial charge in [0, 0.05) is 11.4 Å². The zero-order chi connectivity index (χ0) is 27.0. The van der Waals surface area contributed by atoms with Crippen LogP contribution < -0.4 is 10.1 Å². The van der Waals surface area contributed by atoms with E-state index < -0.39 is 6.04 Å². The molecule has 1 atom stereocenters. The molecule has 0 aliphatic rings. The van der Waals surface area contributed by atoms with Crippen LogP contribution in [0.15, 0.2) is 96.4 Å². The number of thiophene rings is 1. The van der Waals surface area contributed by atoms with Crippen molar-refractivity contribution in [3.8, 4) is 5.75 Å². The molecule has 0 saturated heterocycles. The van der Waals surface area contributed by atoms with Gasteiger partial charge in [-0.3, -0.25) is 9.59 Å². The molecular weight excluding hydrogens is 510 g/mol. The molecule has 2 heterocycles. The lowest BCUT2D eigenvalue weighted by molar-refractivity contribution is -0.142. The smallest absolute Gasteiger partial charge is 0.247 e. The van der Waals surface area contributed by atoms with Gasteiger partial charge in [0.05, 0.1) is 18.7 Å². The first-order chi connectivity index (χ1) is 19.1. The van der Waals surface area contributed by atoms with E-state index in [1.165, 1.54) is 0 Å². The molecule has 0 unspecified atom stereocenters. The molecule has 0 radical (unpaired) electrons. The van der Waals surface area contributed by atoms with Gasteiger partial charge in [0.2, 0.25) is 11.8 Å². The minimum absolute atomic E-state index is 0.0502. The summed E-state index contributed by atoms with van der Waals surface area (Å²) >= 11 is 1.54. The molecule has 3 aromatic carbocycles. The minimum Gasteiger partial charge on any atom is -0.494 e. The Hall–Kier alpha value is -4.50. The third-order valence-electron chi connectivity index (χ3n) is 6.31. The lowest BCUT2D eigenvalue weighted by Gasteiger charge is -2.31. The molecule has 198 valence electrons. The Morgan fingerprint density at radius 2 is 1.74 bits per heavy atom. The largest absolute Gasteiger partial charge is 0.494 e. The average molecular weight is 540 g/mol. The highest BCUT2D eigenvalue weighted by Crippen LogP contribution is 2.28. The number of nitrogens with zero attached hydrogens (tertiary/aromatic N) is 4. The van der Waals surface area contributed by atoms with E-state index in [2.05, 4.69) is 15.6 Å². The number of rotatable bonds is 11. The molecule has 5 rings (SSSR count). The maximum Gasteiger partial charge on any atom is 0.247 e. The standard InChI is InChI=1S/C30H29N5O3S/c1-2-38-24-16-14-23(15-17-24)29(30(37)31-19-22-9-4-3-5-10-22)34(20-25-11-8-18-39-25)28(36)21-35-27-13-7-6-12-26(27)32-33-35/h3-18,29H,2,19-21H2,1H3,(H,31,37)/t29-/m1/s1. The molecular formula is C30H29N5O3S. The number of hydrogen-bond donors (Lipinski definition) is 1. The molecule has 0 saturated carbocycles. The average Bonchev–Trinajstić information content (AvgIpc) is 3.63. The van der Waals surface area contributed by atoms with Crippen molar-refractivity contribution in [2.24, 2.45) is 0 Å². The van der Waals surface area contributed by atoms with Gasteiger partial charge in [-0.05, 0) is 53.8 Å². The van der Waals surface area contributed by atoms with E-state index in [4.69, 9.17) is 4.74 Å². The van der Waals surface area contributed by atoms with Gasteiger partial charge >= 0.3 is 0 Å². The predicted octanol–water partition coefficient (Wildman–Crippen LogP) is 4.98. The van der Waals surface area contributed by atoms with Crippen LogP contribution in [-0.4, -0.2) is 38.3 Å². The van der Waals surface area contributed by atoms with Crippen LogP contribution >= 0.6 is 11.3 Å². The van der Waals surface area contributed by atoms with E-state index in [1.54, 1.807) is 20.9 Å². The number of fused-ring (bicyclic) bond motifs is 1. The molecule has 9 heteroatoms. The predicted molar refractivity (Wildman–Crippen MR) is 151 cm³/mol. The molecule has 0 fully saturated rings. The first-order valence-corrected chi connectivity index (χ1v) is 13.6. The van der Waals surface area contributed by atoms with Gasteiger partial charge in [0.1, 0.15) is 23.9 Å². The van der Waals surface area contributed by atoms with Gasteiger partial charge in [-0.1, -0.05) is 65.9 Å². The van der Waals surface area contributed by atoms with Crippen molar-refractivity contribution < 1.29 is 14.3 Å². The van der Waals surface area contributed by atoms with Crippen molar-refractivity contribution in [2.45, 2.75) is 32.6 Å². The first-order valence-electron chi connectivity index (χ1n) is 12.8. The highest BCUT2D eigenvalue weighted by atomic mass is 32.1. The van der Waals surface area contributed by atoms with E-state index in [0.717, 1.165) is 16.0 Å². The third kappa shape index (κ3) is 6.32. The summed E-state index contributed by atoms with van der Waals surface area (Å²) in [6, 6.07) is 27.6. The molecule has 0 bridgehead atoms. The molecule has 0 aliphatic carbocycles. The van der Waals surface area contributed by atoms with Crippen LogP contribution in [0.3, 0.4) is 0 Å². The first kappa shape index (κ1) is 26.1. The fourth-order valence-electron chi connectivity index (χ4n) is 4.41. The number of carbonyl (C=O) groups is 2. The van der Waals surface area contributed by atoms with Crippen LogP contribution in [0.4, 0.5) is 0 Å². The van der Waals surface area contributed by atoms with Crippen LogP contribution in [0.5, 0.6) is 5.75 Å². The summed E-state index contributed by atoms with van der Waals surface area (Å²) in [6.45, 7) is 3.03. The van der Waals surface area contributed by atoms with Gasteiger partial charge in [-0.15, -0.1) is 16.4 Å². The summed E-state index contributed by atoms with van der Waals surface area (Å²) < 4.78 is 7.19. The van der Waals surface area contributed by atoms with Crippen molar-refractivity contribution in [3.05, 3.63) is 112 Å². The number of aromatic nitrogens is 3. The number of carbonyl (C=O) groups excluding carboxylic acids is 2. The molecule has 0 aliphatic heterocycles. The fourth-order valence-corrected chi connectivity index (χ4v) is 5.12. The summed E-state index contributed by atoms with van der Waals surface area (Å²) in [5.41, 5.74) is 3.13. The molecule has 8 nitrogen and oxygen atoms in total. The number of para-hydroxylation sites is 1. The Balaban J connectivity index is 1.49. The van der Waals surface area contributed by atoms with Crippen molar-refractivity contribution in [1.29, 1.82) is 0 Å². The van der Waals surface area contributed by atoms with Gasteiger partial charge < -0.3 is 15.0 Å². The Labute approximate surface area is 230 Å². The second-order valence-electron chi connectivity index (χ2n) is 8.94. The Kier molecular flexibility index (Phi) is 8.28. The second kappa shape index (κ2) is 12.4. The van der Waals surface area contributed by atoms with Gasteiger partial charge in [-0.25, -0.2) is 4.68 Å². The van der Waals surface area contributed by atoms with Crippen molar-refractivity contribution >= 4 is 34.2 Å². The van der Waals surface area contributed by atoms with E-state index >= 15 is 0 Å². The molecule has 39 heavy (non-hydrogen) atoms. The summed E-state index contributed by atoms with van der Waals surface area (Å²) in [4.78, 5) is 30.4. The highest BCUT2D eigenvalue weighted by molar-refractivity contribution is 7.09. The molecule has 5 aromatic rings. The van der Waals surface area contributed by atoms with E-state index in [-0.39, 0.29) is 24.9 Å². The Morgan fingerprint density at radius 1 is 0.974 bits per heavy atom. The fraction of sp³-hybridized carbons (Fsp3) is 0.200. The van der Waals surface area contributed by atoms with Crippen LogP contribution in [-0.2, 0) is 29.2 Å². The Morgan fingerprint density at radius 3 is 2.49 bits per heavy atom. The molecule has 0 spiro atoms. The van der Waals surface area contributed by atoms with Crippen LogP contribution in [0, 0.1) is 0 Å².